The van der Waals surface area contributed by atoms with Gasteiger partial charge >= 0.3 is 6.61 Å². The molecule has 0 saturated heterocycles. The number of aromatic nitrogens is 2. The van der Waals surface area contributed by atoms with E-state index in [2.05, 4.69) is 14.3 Å². The maximum atomic E-state index is 12.6. The number of phenols is 2. The van der Waals surface area contributed by atoms with Crippen LogP contribution in [0.1, 0.15) is 25.3 Å². The molecule has 3 aromatic rings. The predicted molar refractivity (Wildman–Crippen MR) is 88.0 cm³/mol. The van der Waals surface area contributed by atoms with Crippen LogP contribution in [0.2, 0.25) is 0 Å². The van der Waals surface area contributed by atoms with Crippen LogP contribution in [-0.4, -0.2) is 26.4 Å². The van der Waals surface area contributed by atoms with Gasteiger partial charge in [-0.25, -0.2) is 4.98 Å². The van der Waals surface area contributed by atoms with E-state index in [0.717, 1.165) is 30.3 Å². The number of benzene rings is 2. The van der Waals surface area contributed by atoms with Crippen molar-refractivity contribution in [3.05, 3.63) is 36.4 Å². The van der Waals surface area contributed by atoms with Gasteiger partial charge in [0, 0.05) is 11.6 Å². The van der Waals surface area contributed by atoms with E-state index < -0.39 is 23.9 Å². The fraction of sp³-hybridized carbons (Fsp3) is 0.278. The lowest BCUT2D eigenvalue weighted by atomic mass is 9.92. The molecular weight excluding hydrogens is 330 g/mol. The summed E-state index contributed by atoms with van der Waals surface area (Å²) in [6.45, 7) is -3.11. The minimum Gasteiger partial charge on any atom is -0.504 e. The minimum atomic E-state index is -3.11. The van der Waals surface area contributed by atoms with Gasteiger partial charge in [0.25, 0.3) is 0 Å². The Hall–Kier alpha value is -2.83. The fourth-order valence-electron chi connectivity index (χ4n) is 3.17. The van der Waals surface area contributed by atoms with Crippen molar-refractivity contribution in [3.63, 3.8) is 0 Å². The summed E-state index contributed by atoms with van der Waals surface area (Å²) in [6.07, 6.45) is 3.15. The average Bonchev–Trinajstić information content (AvgIpc) is 2.89. The highest BCUT2D eigenvalue weighted by Crippen LogP contribution is 2.43. The summed E-state index contributed by atoms with van der Waals surface area (Å²) in [5, 5.41) is 19.7. The summed E-state index contributed by atoms with van der Waals surface area (Å²) in [4.78, 5) is 4.60. The van der Waals surface area contributed by atoms with Gasteiger partial charge in [-0.05, 0) is 43.5 Å². The molecular formula is C18H16F2N2O3. The first-order valence-electron chi connectivity index (χ1n) is 8.02. The molecule has 2 N–H and O–H groups in total. The first kappa shape index (κ1) is 15.7. The number of rotatable bonds is 4. The molecule has 1 aliphatic rings. The summed E-state index contributed by atoms with van der Waals surface area (Å²) in [6, 6.07) is 10.5. The van der Waals surface area contributed by atoms with Gasteiger partial charge in [-0.1, -0.05) is 12.1 Å². The molecule has 0 aliphatic heterocycles. The number of imidazole rings is 1. The molecule has 4 rings (SSSR count). The zero-order chi connectivity index (χ0) is 17.6. The molecule has 1 fully saturated rings. The van der Waals surface area contributed by atoms with Gasteiger partial charge in [-0.3, -0.25) is 0 Å². The van der Waals surface area contributed by atoms with Crippen molar-refractivity contribution in [1.82, 2.24) is 9.55 Å². The van der Waals surface area contributed by atoms with Gasteiger partial charge in [0.2, 0.25) is 5.75 Å². The van der Waals surface area contributed by atoms with Crippen LogP contribution >= 0.6 is 0 Å². The Morgan fingerprint density at radius 2 is 1.92 bits per heavy atom. The van der Waals surface area contributed by atoms with Crippen LogP contribution in [0.3, 0.4) is 0 Å². The zero-order valence-corrected chi connectivity index (χ0v) is 13.2. The van der Waals surface area contributed by atoms with Gasteiger partial charge in [0.15, 0.2) is 11.5 Å². The Labute approximate surface area is 142 Å². The molecule has 1 aromatic heterocycles. The first-order chi connectivity index (χ1) is 12.0. The van der Waals surface area contributed by atoms with Crippen LogP contribution in [0.25, 0.3) is 22.4 Å². The summed E-state index contributed by atoms with van der Waals surface area (Å²) in [5.74, 6) is -1.16. The third-order valence-corrected chi connectivity index (χ3v) is 4.56. The first-order valence-corrected chi connectivity index (χ1v) is 8.02. The lowest BCUT2D eigenvalue weighted by Crippen LogP contribution is -2.17. The lowest BCUT2D eigenvalue weighted by molar-refractivity contribution is -0.0513. The molecule has 25 heavy (non-hydrogen) atoms. The standard InChI is InChI=1S/C18H16F2N2O3/c19-18(20)25-15-9-10(8-14(23)16(15)24)17-21-12-6-1-2-7-13(12)22(17)11-4-3-5-11/h1-2,6-9,11,18,23-24H,3-5H2. The van der Waals surface area contributed by atoms with Crippen molar-refractivity contribution in [2.75, 3.05) is 0 Å². The highest BCUT2D eigenvalue weighted by atomic mass is 19.3. The Kier molecular flexibility index (Phi) is 3.71. The molecule has 1 aliphatic carbocycles. The average molecular weight is 346 g/mol. The monoisotopic (exact) mass is 346 g/mol. The molecule has 0 spiro atoms. The SMILES string of the molecule is Oc1cc(-c2nc3ccccc3n2C2CCC2)cc(OC(F)F)c1O. The van der Waals surface area contributed by atoms with Crippen LogP contribution in [0.15, 0.2) is 36.4 Å². The van der Waals surface area contributed by atoms with E-state index in [0.29, 0.717) is 11.4 Å². The molecule has 0 atom stereocenters. The predicted octanol–water partition coefficient (Wildman–Crippen LogP) is 4.44. The van der Waals surface area contributed by atoms with Crippen molar-refractivity contribution < 1.29 is 23.7 Å². The fourth-order valence-corrected chi connectivity index (χ4v) is 3.17. The third-order valence-electron chi connectivity index (χ3n) is 4.56. The van der Waals surface area contributed by atoms with E-state index >= 15 is 0 Å². The van der Waals surface area contributed by atoms with Crippen LogP contribution in [0.4, 0.5) is 8.78 Å². The van der Waals surface area contributed by atoms with E-state index in [9.17, 15) is 19.0 Å². The number of hydrogen-bond donors (Lipinski definition) is 2. The third kappa shape index (κ3) is 2.65. The number of para-hydroxylation sites is 2. The second-order valence-corrected chi connectivity index (χ2v) is 6.10. The van der Waals surface area contributed by atoms with Gasteiger partial charge in [0.05, 0.1) is 11.0 Å². The number of phenolic OH excluding ortho intramolecular Hbond substituents is 2. The zero-order valence-electron chi connectivity index (χ0n) is 13.2. The largest absolute Gasteiger partial charge is 0.504 e. The number of fused-ring (bicyclic) bond motifs is 1. The molecule has 5 nitrogen and oxygen atoms in total. The van der Waals surface area contributed by atoms with Gasteiger partial charge in [-0.2, -0.15) is 8.78 Å². The second-order valence-electron chi connectivity index (χ2n) is 6.10. The molecule has 2 aromatic carbocycles. The normalized spacial score (nSPS) is 14.8. The maximum absolute atomic E-state index is 12.6. The van der Waals surface area contributed by atoms with E-state index in [4.69, 9.17) is 0 Å². The minimum absolute atomic E-state index is 0.276. The van der Waals surface area contributed by atoms with Crippen LogP contribution in [0, 0.1) is 0 Å². The van der Waals surface area contributed by atoms with Crippen molar-refractivity contribution in [2.24, 2.45) is 0 Å². The number of nitrogens with zero attached hydrogens (tertiary/aromatic N) is 2. The lowest BCUT2D eigenvalue weighted by Gasteiger charge is -2.29. The number of alkyl halides is 2. The molecule has 1 heterocycles. The summed E-state index contributed by atoms with van der Waals surface area (Å²) < 4.78 is 31.5. The van der Waals surface area contributed by atoms with Crippen LogP contribution in [0.5, 0.6) is 17.2 Å². The van der Waals surface area contributed by atoms with E-state index in [1.807, 2.05) is 24.3 Å². The van der Waals surface area contributed by atoms with Crippen LogP contribution in [-0.2, 0) is 0 Å². The highest BCUT2D eigenvalue weighted by molar-refractivity contribution is 5.82. The van der Waals surface area contributed by atoms with Gasteiger partial charge in [0.1, 0.15) is 5.82 Å². The quantitative estimate of drug-likeness (QED) is 0.685. The molecule has 0 unspecified atom stereocenters. The van der Waals surface area contributed by atoms with Crippen LogP contribution < -0.4 is 4.74 Å². The molecule has 0 radical (unpaired) electrons. The number of halogens is 2. The van der Waals surface area contributed by atoms with Crippen molar-refractivity contribution in [3.8, 4) is 28.6 Å². The molecule has 1 saturated carbocycles. The number of ether oxygens (including phenoxy) is 1. The second kappa shape index (κ2) is 5.91. The molecule has 0 bridgehead atoms. The van der Waals surface area contributed by atoms with Crippen molar-refractivity contribution in [2.45, 2.75) is 31.9 Å². The van der Waals surface area contributed by atoms with Gasteiger partial charge in [-0.15, -0.1) is 0 Å². The molecule has 7 heteroatoms. The van der Waals surface area contributed by atoms with Gasteiger partial charge < -0.3 is 19.5 Å². The van der Waals surface area contributed by atoms with Crippen molar-refractivity contribution >= 4 is 11.0 Å². The molecule has 130 valence electrons. The topological polar surface area (TPSA) is 67.5 Å². The Morgan fingerprint density at radius 3 is 2.60 bits per heavy atom. The number of hydrogen-bond acceptors (Lipinski definition) is 4. The summed E-state index contributed by atoms with van der Waals surface area (Å²) in [5.41, 5.74) is 2.15. The number of aromatic hydroxyl groups is 2. The molecule has 0 amide bonds. The maximum Gasteiger partial charge on any atom is 0.387 e. The van der Waals surface area contributed by atoms with E-state index in [1.165, 1.54) is 12.1 Å². The Balaban J connectivity index is 1.91. The van der Waals surface area contributed by atoms with E-state index in [1.54, 1.807) is 0 Å². The van der Waals surface area contributed by atoms with Crippen molar-refractivity contribution in [1.29, 1.82) is 0 Å². The Morgan fingerprint density at radius 1 is 1.16 bits per heavy atom. The Bertz CT molecular complexity index is 935. The van der Waals surface area contributed by atoms with E-state index in [-0.39, 0.29) is 6.04 Å². The summed E-state index contributed by atoms with van der Waals surface area (Å²) >= 11 is 0. The highest BCUT2D eigenvalue weighted by Gasteiger charge is 2.26. The smallest absolute Gasteiger partial charge is 0.387 e. The summed E-state index contributed by atoms with van der Waals surface area (Å²) in [7, 11) is 0.